The maximum atomic E-state index is 12.1. The third kappa shape index (κ3) is 5.34. The molecule has 0 saturated carbocycles. The molecule has 2 atom stereocenters. The number of aryl methyl sites for hydroxylation is 1. The van der Waals surface area contributed by atoms with Crippen LogP contribution in [0.5, 0.6) is 0 Å². The summed E-state index contributed by atoms with van der Waals surface area (Å²) in [6, 6.07) is 8.89. The molecule has 2 aromatic rings. The van der Waals surface area contributed by atoms with Crippen molar-refractivity contribution in [1.29, 1.82) is 0 Å². The maximum absolute atomic E-state index is 12.1. The highest BCUT2D eigenvalue weighted by atomic mass is 16.5. The van der Waals surface area contributed by atoms with Gasteiger partial charge in [-0.15, -0.1) is 0 Å². The summed E-state index contributed by atoms with van der Waals surface area (Å²) in [5.74, 6) is 0.989. The number of nitrogens with one attached hydrogen (secondary N) is 2. The molecule has 0 aliphatic rings. The van der Waals surface area contributed by atoms with E-state index in [4.69, 9.17) is 4.52 Å². The Morgan fingerprint density at radius 1 is 1.29 bits per heavy atom. The summed E-state index contributed by atoms with van der Waals surface area (Å²) < 4.78 is 5.14. The topological polar surface area (TPSA) is 100 Å². The Balaban J connectivity index is 1.83. The van der Waals surface area contributed by atoms with E-state index in [1.807, 2.05) is 44.2 Å². The number of carbonyl (C=O) groups is 1. The minimum Gasteiger partial charge on any atom is -0.391 e. The Labute approximate surface area is 141 Å². The highest BCUT2D eigenvalue weighted by Gasteiger charge is 2.24. The summed E-state index contributed by atoms with van der Waals surface area (Å²) in [4.78, 5) is 16.2. The highest BCUT2D eigenvalue weighted by molar-refractivity contribution is 5.74. The molecule has 0 saturated heterocycles. The fourth-order valence-corrected chi connectivity index (χ4v) is 2.31. The van der Waals surface area contributed by atoms with Crippen LogP contribution in [0.15, 0.2) is 34.9 Å². The van der Waals surface area contributed by atoms with Crippen LogP contribution in [0.1, 0.15) is 37.2 Å². The lowest BCUT2D eigenvalue weighted by Crippen LogP contribution is -2.43. The van der Waals surface area contributed by atoms with E-state index in [1.54, 1.807) is 6.92 Å². The Hall–Kier alpha value is -2.41. The van der Waals surface area contributed by atoms with Crippen LogP contribution >= 0.6 is 0 Å². The standard InChI is InChI=1S/C17H24N4O3/c1-11(2)15(16-19-12(3)21-24-16)20-17(23)18-10-14(22)9-13-7-5-4-6-8-13/h4-8,11,14-15,22H,9-10H2,1-3H3,(H2,18,20,23). The summed E-state index contributed by atoms with van der Waals surface area (Å²) in [6.07, 6.45) is -0.168. The van der Waals surface area contributed by atoms with Gasteiger partial charge in [0.2, 0.25) is 5.89 Å². The summed E-state index contributed by atoms with van der Waals surface area (Å²) in [7, 11) is 0. The number of amides is 2. The van der Waals surface area contributed by atoms with Gasteiger partial charge < -0.3 is 20.3 Å². The fraction of sp³-hybridized carbons (Fsp3) is 0.471. The molecule has 7 nitrogen and oxygen atoms in total. The molecule has 1 aromatic carbocycles. The van der Waals surface area contributed by atoms with Crippen molar-refractivity contribution in [1.82, 2.24) is 20.8 Å². The van der Waals surface area contributed by atoms with Crippen LogP contribution in [0.4, 0.5) is 4.79 Å². The number of aliphatic hydroxyl groups excluding tert-OH is 1. The molecule has 0 bridgehead atoms. The van der Waals surface area contributed by atoms with E-state index >= 15 is 0 Å². The monoisotopic (exact) mass is 332 g/mol. The minimum atomic E-state index is -0.652. The number of urea groups is 1. The maximum Gasteiger partial charge on any atom is 0.315 e. The molecule has 3 N–H and O–H groups in total. The predicted molar refractivity (Wildman–Crippen MR) is 89.3 cm³/mol. The van der Waals surface area contributed by atoms with Gasteiger partial charge in [-0.3, -0.25) is 0 Å². The van der Waals surface area contributed by atoms with E-state index in [0.29, 0.717) is 18.1 Å². The molecule has 7 heteroatoms. The van der Waals surface area contributed by atoms with Crippen LogP contribution in [0, 0.1) is 12.8 Å². The number of benzene rings is 1. The van der Waals surface area contributed by atoms with E-state index in [-0.39, 0.29) is 24.5 Å². The molecule has 0 aliphatic heterocycles. The lowest BCUT2D eigenvalue weighted by atomic mass is 10.0. The van der Waals surface area contributed by atoms with Gasteiger partial charge in [-0.1, -0.05) is 49.3 Å². The first-order valence-corrected chi connectivity index (χ1v) is 8.02. The first kappa shape index (κ1) is 17.9. The van der Waals surface area contributed by atoms with Crippen molar-refractivity contribution < 1.29 is 14.4 Å². The zero-order valence-electron chi connectivity index (χ0n) is 14.2. The van der Waals surface area contributed by atoms with Crippen molar-refractivity contribution in [2.24, 2.45) is 5.92 Å². The van der Waals surface area contributed by atoms with Gasteiger partial charge in [0.05, 0.1) is 6.10 Å². The zero-order valence-corrected chi connectivity index (χ0v) is 14.2. The van der Waals surface area contributed by atoms with Gasteiger partial charge in [0.25, 0.3) is 0 Å². The van der Waals surface area contributed by atoms with Gasteiger partial charge in [0.1, 0.15) is 6.04 Å². The minimum absolute atomic E-state index is 0.0878. The van der Waals surface area contributed by atoms with E-state index in [1.165, 1.54) is 0 Å². The van der Waals surface area contributed by atoms with Crippen molar-refractivity contribution in [3.05, 3.63) is 47.6 Å². The second-order valence-corrected chi connectivity index (χ2v) is 6.10. The number of nitrogens with zero attached hydrogens (tertiary/aromatic N) is 2. The summed E-state index contributed by atoms with van der Waals surface area (Å²) in [6.45, 7) is 5.79. The molecule has 130 valence electrons. The number of hydrogen-bond donors (Lipinski definition) is 3. The Morgan fingerprint density at radius 2 is 2.00 bits per heavy atom. The molecule has 0 spiro atoms. The number of rotatable bonds is 7. The van der Waals surface area contributed by atoms with Gasteiger partial charge in [0, 0.05) is 13.0 Å². The van der Waals surface area contributed by atoms with Crippen molar-refractivity contribution in [2.45, 2.75) is 39.3 Å². The van der Waals surface area contributed by atoms with Crippen molar-refractivity contribution >= 4 is 6.03 Å². The van der Waals surface area contributed by atoms with Crippen LogP contribution in [0.25, 0.3) is 0 Å². The smallest absolute Gasteiger partial charge is 0.315 e. The molecule has 1 heterocycles. The van der Waals surface area contributed by atoms with Crippen LogP contribution in [-0.2, 0) is 6.42 Å². The third-order valence-electron chi connectivity index (χ3n) is 3.57. The summed E-state index contributed by atoms with van der Waals surface area (Å²) in [5, 5.41) is 19.3. The van der Waals surface area contributed by atoms with E-state index in [0.717, 1.165) is 5.56 Å². The first-order chi connectivity index (χ1) is 11.5. The molecule has 0 fully saturated rings. The molecular formula is C17H24N4O3. The number of hydrogen-bond acceptors (Lipinski definition) is 5. The van der Waals surface area contributed by atoms with E-state index in [9.17, 15) is 9.90 Å². The largest absolute Gasteiger partial charge is 0.391 e. The van der Waals surface area contributed by atoms with Crippen LogP contribution in [-0.4, -0.2) is 33.9 Å². The average molecular weight is 332 g/mol. The van der Waals surface area contributed by atoms with Gasteiger partial charge in [-0.05, 0) is 18.4 Å². The van der Waals surface area contributed by atoms with Crippen LogP contribution < -0.4 is 10.6 Å². The molecule has 24 heavy (non-hydrogen) atoms. The molecular weight excluding hydrogens is 308 g/mol. The molecule has 0 aliphatic carbocycles. The lowest BCUT2D eigenvalue weighted by molar-refractivity contribution is 0.168. The zero-order chi connectivity index (χ0) is 17.5. The van der Waals surface area contributed by atoms with Gasteiger partial charge in [-0.25, -0.2) is 4.79 Å². The van der Waals surface area contributed by atoms with Crippen LogP contribution in [0.2, 0.25) is 0 Å². The molecule has 2 amide bonds. The second kappa shape index (κ2) is 8.44. The Morgan fingerprint density at radius 3 is 2.58 bits per heavy atom. The van der Waals surface area contributed by atoms with Crippen molar-refractivity contribution in [2.75, 3.05) is 6.54 Å². The molecule has 2 rings (SSSR count). The second-order valence-electron chi connectivity index (χ2n) is 6.10. The van der Waals surface area contributed by atoms with Gasteiger partial charge >= 0.3 is 6.03 Å². The van der Waals surface area contributed by atoms with E-state index < -0.39 is 6.10 Å². The number of carbonyl (C=O) groups excluding carboxylic acids is 1. The van der Waals surface area contributed by atoms with E-state index in [2.05, 4.69) is 20.8 Å². The summed E-state index contributed by atoms with van der Waals surface area (Å²) >= 11 is 0. The molecule has 0 radical (unpaired) electrons. The van der Waals surface area contributed by atoms with Gasteiger partial charge in [0.15, 0.2) is 5.82 Å². The van der Waals surface area contributed by atoms with Gasteiger partial charge in [-0.2, -0.15) is 4.98 Å². The SMILES string of the molecule is Cc1noc(C(NC(=O)NCC(O)Cc2ccccc2)C(C)C)n1. The van der Waals surface area contributed by atoms with Crippen molar-refractivity contribution in [3.8, 4) is 0 Å². The predicted octanol–water partition coefficient (Wildman–Crippen LogP) is 1.98. The van der Waals surface area contributed by atoms with Crippen LogP contribution in [0.3, 0.4) is 0 Å². The first-order valence-electron chi connectivity index (χ1n) is 8.02. The number of aromatic nitrogens is 2. The fourth-order valence-electron chi connectivity index (χ4n) is 2.31. The molecule has 1 aromatic heterocycles. The quantitative estimate of drug-likeness (QED) is 0.720. The Kier molecular flexibility index (Phi) is 6.31. The normalized spacial score (nSPS) is 13.5. The lowest BCUT2D eigenvalue weighted by Gasteiger charge is -2.19. The average Bonchev–Trinajstić information content (AvgIpc) is 2.97. The highest BCUT2D eigenvalue weighted by Crippen LogP contribution is 2.19. The Bertz CT molecular complexity index is 642. The van der Waals surface area contributed by atoms with Crippen molar-refractivity contribution in [3.63, 3.8) is 0 Å². The summed E-state index contributed by atoms with van der Waals surface area (Å²) in [5.41, 5.74) is 1.02. The third-order valence-corrected chi connectivity index (χ3v) is 3.57. The molecule has 2 unspecified atom stereocenters. The number of aliphatic hydroxyl groups is 1.